The molecule has 1 rings (SSSR count). The summed E-state index contributed by atoms with van der Waals surface area (Å²) < 4.78 is 26.3. The Labute approximate surface area is 109 Å². The summed E-state index contributed by atoms with van der Waals surface area (Å²) in [6, 6.07) is 1.61. The Morgan fingerprint density at radius 1 is 1.44 bits per heavy atom. The van der Waals surface area contributed by atoms with Crippen molar-refractivity contribution in [3.8, 4) is 0 Å². The van der Waals surface area contributed by atoms with Gasteiger partial charge in [0.2, 0.25) is 10.0 Å². The normalized spacial score (nSPS) is 14.1. The molecule has 0 radical (unpaired) electrons. The van der Waals surface area contributed by atoms with Gasteiger partial charge in [0.15, 0.2) is 0 Å². The number of hydrogen-bond donors (Lipinski definition) is 2. The van der Waals surface area contributed by atoms with Crippen LogP contribution in [0.15, 0.2) is 17.2 Å². The molecule has 0 aliphatic heterocycles. The number of aromatic amines is 1. The fourth-order valence-corrected chi connectivity index (χ4v) is 3.30. The summed E-state index contributed by atoms with van der Waals surface area (Å²) in [5.41, 5.74) is 6.21. The molecular weight excluding hydrogens is 250 g/mol. The minimum Gasteiger partial charge on any atom is -0.363 e. The van der Waals surface area contributed by atoms with Crippen LogP contribution in [0.3, 0.4) is 0 Å². The Hall–Kier alpha value is -0.850. The molecule has 1 aromatic rings. The van der Waals surface area contributed by atoms with Gasteiger partial charge in [-0.15, -0.1) is 0 Å². The van der Waals surface area contributed by atoms with E-state index in [1.165, 1.54) is 10.5 Å². The number of rotatable bonds is 7. The first-order chi connectivity index (χ1) is 8.45. The Bertz CT molecular complexity index is 467. The van der Waals surface area contributed by atoms with E-state index in [2.05, 4.69) is 18.8 Å². The van der Waals surface area contributed by atoms with Crippen molar-refractivity contribution in [1.82, 2.24) is 9.29 Å². The molecule has 0 aliphatic rings. The third-order valence-electron chi connectivity index (χ3n) is 3.14. The number of nitrogens with zero attached hydrogens (tertiary/aromatic N) is 1. The van der Waals surface area contributed by atoms with Crippen LogP contribution in [0.5, 0.6) is 0 Å². The number of nitrogens with one attached hydrogen (secondary N) is 1. The van der Waals surface area contributed by atoms with E-state index in [9.17, 15) is 8.42 Å². The maximum atomic E-state index is 12.4. The topological polar surface area (TPSA) is 79.2 Å². The Kier molecular flexibility index (Phi) is 5.37. The quantitative estimate of drug-likeness (QED) is 0.790. The number of nitrogens with two attached hydrogens (primary N) is 1. The second kappa shape index (κ2) is 6.36. The van der Waals surface area contributed by atoms with Crippen LogP contribution < -0.4 is 5.73 Å². The molecule has 0 bridgehead atoms. The Balaban J connectivity index is 2.95. The lowest BCUT2D eigenvalue weighted by Gasteiger charge is -2.22. The number of H-pyrrole nitrogens is 1. The molecular formula is C12H23N3O2S. The van der Waals surface area contributed by atoms with Gasteiger partial charge in [0.1, 0.15) is 0 Å². The summed E-state index contributed by atoms with van der Waals surface area (Å²) >= 11 is 0. The molecule has 0 saturated carbocycles. The maximum absolute atomic E-state index is 12.4. The van der Waals surface area contributed by atoms with Crippen LogP contribution in [-0.2, 0) is 16.6 Å². The molecule has 3 N–H and O–H groups in total. The highest BCUT2D eigenvalue weighted by molar-refractivity contribution is 7.89. The molecule has 0 amide bonds. The molecule has 5 nitrogen and oxygen atoms in total. The summed E-state index contributed by atoms with van der Waals surface area (Å²) in [5, 5.41) is 0. The molecule has 0 fully saturated rings. The number of sulfonamides is 1. The van der Waals surface area contributed by atoms with E-state index >= 15 is 0 Å². The van der Waals surface area contributed by atoms with E-state index in [1.807, 2.05) is 6.92 Å². The SMILES string of the molecule is CCC(C)CN(CC)S(=O)(=O)c1c[nH]c(CN)c1. The Morgan fingerprint density at radius 3 is 2.56 bits per heavy atom. The second-order valence-corrected chi connectivity index (χ2v) is 6.47. The van der Waals surface area contributed by atoms with Gasteiger partial charge < -0.3 is 10.7 Å². The zero-order valence-electron chi connectivity index (χ0n) is 11.3. The van der Waals surface area contributed by atoms with E-state index < -0.39 is 10.0 Å². The predicted molar refractivity (Wildman–Crippen MR) is 72.6 cm³/mol. The van der Waals surface area contributed by atoms with Crippen molar-refractivity contribution in [1.29, 1.82) is 0 Å². The lowest BCUT2D eigenvalue weighted by atomic mass is 10.1. The molecule has 104 valence electrons. The van der Waals surface area contributed by atoms with Crippen molar-refractivity contribution in [3.05, 3.63) is 18.0 Å². The standard InChI is InChI=1S/C12H23N3O2S/c1-4-10(3)9-15(5-2)18(16,17)12-6-11(7-13)14-8-12/h6,8,10,14H,4-5,7,9,13H2,1-3H3. The van der Waals surface area contributed by atoms with Crippen LogP contribution in [0.2, 0.25) is 0 Å². The van der Waals surface area contributed by atoms with Gasteiger partial charge in [0, 0.05) is 31.5 Å². The zero-order valence-corrected chi connectivity index (χ0v) is 12.1. The first-order valence-corrected chi connectivity index (χ1v) is 7.77. The van der Waals surface area contributed by atoms with E-state index in [4.69, 9.17) is 5.73 Å². The molecule has 0 aromatic carbocycles. The van der Waals surface area contributed by atoms with Crippen LogP contribution in [-0.4, -0.2) is 30.8 Å². The number of hydrogen-bond acceptors (Lipinski definition) is 3. The molecule has 1 atom stereocenters. The smallest absolute Gasteiger partial charge is 0.244 e. The predicted octanol–water partition coefficient (Wildman–Crippen LogP) is 1.53. The van der Waals surface area contributed by atoms with Crippen LogP contribution in [0.25, 0.3) is 0 Å². The maximum Gasteiger partial charge on any atom is 0.244 e. The second-order valence-electron chi connectivity index (χ2n) is 4.53. The highest BCUT2D eigenvalue weighted by atomic mass is 32.2. The molecule has 0 aliphatic carbocycles. The molecule has 6 heteroatoms. The van der Waals surface area contributed by atoms with E-state index in [0.717, 1.165) is 12.1 Å². The summed E-state index contributed by atoms with van der Waals surface area (Å²) in [6.07, 6.45) is 2.48. The molecule has 1 heterocycles. The third kappa shape index (κ3) is 3.34. The van der Waals surface area contributed by atoms with Gasteiger partial charge in [0.05, 0.1) is 4.90 Å². The van der Waals surface area contributed by atoms with Gasteiger partial charge in [-0.3, -0.25) is 0 Å². The fraction of sp³-hybridized carbons (Fsp3) is 0.667. The van der Waals surface area contributed by atoms with Gasteiger partial charge in [-0.25, -0.2) is 8.42 Å². The van der Waals surface area contributed by atoms with Crippen LogP contribution in [0, 0.1) is 5.92 Å². The minimum absolute atomic E-state index is 0.299. The van der Waals surface area contributed by atoms with Crippen LogP contribution >= 0.6 is 0 Å². The average Bonchev–Trinajstić information content (AvgIpc) is 2.84. The highest BCUT2D eigenvalue weighted by Gasteiger charge is 2.25. The van der Waals surface area contributed by atoms with Gasteiger partial charge in [0.25, 0.3) is 0 Å². The average molecular weight is 273 g/mol. The first-order valence-electron chi connectivity index (χ1n) is 6.33. The van der Waals surface area contributed by atoms with E-state index in [-0.39, 0.29) is 0 Å². The molecule has 1 unspecified atom stereocenters. The largest absolute Gasteiger partial charge is 0.363 e. The highest BCUT2D eigenvalue weighted by Crippen LogP contribution is 2.18. The van der Waals surface area contributed by atoms with Gasteiger partial charge in [-0.2, -0.15) is 4.31 Å². The zero-order chi connectivity index (χ0) is 13.8. The van der Waals surface area contributed by atoms with Gasteiger partial charge in [-0.05, 0) is 12.0 Å². The van der Waals surface area contributed by atoms with Crippen molar-refractivity contribution in [2.24, 2.45) is 11.7 Å². The fourth-order valence-electron chi connectivity index (χ4n) is 1.71. The molecule has 18 heavy (non-hydrogen) atoms. The lowest BCUT2D eigenvalue weighted by Crippen LogP contribution is -2.34. The molecule has 1 aromatic heterocycles. The number of aromatic nitrogens is 1. The minimum atomic E-state index is -3.40. The van der Waals surface area contributed by atoms with E-state index in [1.54, 1.807) is 6.07 Å². The van der Waals surface area contributed by atoms with E-state index in [0.29, 0.717) is 30.4 Å². The summed E-state index contributed by atoms with van der Waals surface area (Å²) in [4.78, 5) is 3.18. The first kappa shape index (κ1) is 15.2. The molecule has 0 spiro atoms. The Morgan fingerprint density at radius 2 is 2.11 bits per heavy atom. The third-order valence-corrected chi connectivity index (χ3v) is 5.06. The van der Waals surface area contributed by atoms with Crippen molar-refractivity contribution < 1.29 is 8.42 Å². The van der Waals surface area contributed by atoms with Crippen LogP contribution in [0.4, 0.5) is 0 Å². The lowest BCUT2D eigenvalue weighted by molar-refractivity contribution is 0.361. The van der Waals surface area contributed by atoms with Crippen molar-refractivity contribution in [3.63, 3.8) is 0 Å². The van der Waals surface area contributed by atoms with Crippen molar-refractivity contribution >= 4 is 10.0 Å². The van der Waals surface area contributed by atoms with Gasteiger partial charge in [-0.1, -0.05) is 27.2 Å². The summed E-state index contributed by atoms with van der Waals surface area (Å²) in [7, 11) is -3.40. The van der Waals surface area contributed by atoms with Crippen LogP contribution in [0.1, 0.15) is 32.9 Å². The van der Waals surface area contributed by atoms with Gasteiger partial charge >= 0.3 is 0 Å². The van der Waals surface area contributed by atoms with Crippen molar-refractivity contribution in [2.45, 2.75) is 38.6 Å². The van der Waals surface area contributed by atoms with Crippen molar-refractivity contribution in [2.75, 3.05) is 13.1 Å². The summed E-state index contributed by atoms with van der Waals surface area (Å²) in [6.45, 7) is 7.33. The molecule has 0 saturated heterocycles. The summed E-state index contributed by atoms with van der Waals surface area (Å²) in [5.74, 6) is 0.354. The monoisotopic (exact) mass is 273 g/mol.